The SMILES string of the molecule is CC1SCCN(C(=O)CCc2cncnc2)C1C. The lowest BCUT2D eigenvalue weighted by Gasteiger charge is -2.37. The Labute approximate surface area is 112 Å². The third kappa shape index (κ3) is 3.22. The molecule has 0 radical (unpaired) electrons. The van der Waals surface area contributed by atoms with E-state index in [1.807, 2.05) is 16.7 Å². The van der Waals surface area contributed by atoms with Gasteiger partial charge in [-0.25, -0.2) is 9.97 Å². The molecular weight excluding hydrogens is 246 g/mol. The number of carbonyl (C=O) groups excluding carboxylic acids is 1. The third-order valence-corrected chi connectivity index (χ3v) is 4.78. The molecule has 2 rings (SSSR count). The number of nitrogens with zero attached hydrogens (tertiary/aromatic N) is 3. The van der Waals surface area contributed by atoms with Crippen LogP contribution in [0.1, 0.15) is 25.8 Å². The van der Waals surface area contributed by atoms with Crippen LogP contribution in [-0.4, -0.2) is 44.4 Å². The van der Waals surface area contributed by atoms with Crippen LogP contribution >= 0.6 is 11.8 Å². The predicted octanol–water partition coefficient (Wildman–Crippen LogP) is 1.76. The molecule has 0 bridgehead atoms. The molecule has 5 heteroatoms. The first kappa shape index (κ1) is 13.3. The molecule has 1 aliphatic heterocycles. The number of aryl methyl sites for hydroxylation is 1. The first-order valence-corrected chi connectivity index (χ1v) is 7.38. The molecule has 1 aliphatic rings. The number of hydrogen-bond donors (Lipinski definition) is 0. The van der Waals surface area contributed by atoms with E-state index in [0.717, 1.165) is 24.3 Å². The largest absolute Gasteiger partial charge is 0.338 e. The molecule has 18 heavy (non-hydrogen) atoms. The van der Waals surface area contributed by atoms with Gasteiger partial charge in [-0.05, 0) is 18.9 Å². The van der Waals surface area contributed by atoms with Gasteiger partial charge in [0.25, 0.3) is 0 Å². The van der Waals surface area contributed by atoms with E-state index in [1.54, 1.807) is 12.4 Å². The molecule has 2 heterocycles. The molecule has 1 aromatic rings. The fourth-order valence-corrected chi connectivity index (χ4v) is 3.24. The fraction of sp³-hybridized carbons (Fsp3) is 0.615. The van der Waals surface area contributed by atoms with Crippen LogP contribution in [-0.2, 0) is 11.2 Å². The molecule has 0 saturated carbocycles. The minimum Gasteiger partial charge on any atom is -0.338 e. The van der Waals surface area contributed by atoms with Gasteiger partial charge in [0.15, 0.2) is 0 Å². The van der Waals surface area contributed by atoms with Crippen LogP contribution in [0, 0.1) is 0 Å². The van der Waals surface area contributed by atoms with Crippen LogP contribution in [0.2, 0.25) is 0 Å². The van der Waals surface area contributed by atoms with Crippen LogP contribution in [0.15, 0.2) is 18.7 Å². The molecule has 2 atom stereocenters. The van der Waals surface area contributed by atoms with Gasteiger partial charge in [-0.2, -0.15) is 11.8 Å². The van der Waals surface area contributed by atoms with Crippen molar-refractivity contribution in [2.45, 2.75) is 38.0 Å². The quantitative estimate of drug-likeness (QED) is 0.835. The maximum atomic E-state index is 12.2. The molecule has 0 aromatic carbocycles. The topological polar surface area (TPSA) is 46.1 Å². The van der Waals surface area contributed by atoms with Crippen LogP contribution in [0.3, 0.4) is 0 Å². The maximum absolute atomic E-state index is 12.2. The van der Waals surface area contributed by atoms with Gasteiger partial charge in [0.05, 0.1) is 0 Å². The Morgan fingerprint density at radius 2 is 2.17 bits per heavy atom. The monoisotopic (exact) mass is 265 g/mol. The Balaban J connectivity index is 1.88. The van der Waals surface area contributed by atoms with Crippen molar-refractivity contribution in [3.8, 4) is 0 Å². The van der Waals surface area contributed by atoms with Gasteiger partial charge in [0.1, 0.15) is 6.33 Å². The van der Waals surface area contributed by atoms with E-state index >= 15 is 0 Å². The Kier molecular flexibility index (Phi) is 4.58. The Bertz CT molecular complexity index is 398. The number of carbonyl (C=O) groups is 1. The molecule has 1 aromatic heterocycles. The second kappa shape index (κ2) is 6.18. The Hall–Kier alpha value is -1.10. The standard InChI is InChI=1S/C13H19N3OS/c1-10-11(2)18-6-5-16(10)13(17)4-3-12-7-14-9-15-8-12/h7-11H,3-6H2,1-2H3. The average Bonchev–Trinajstić information content (AvgIpc) is 2.40. The van der Waals surface area contributed by atoms with Crippen molar-refractivity contribution < 1.29 is 4.79 Å². The lowest BCUT2D eigenvalue weighted by Crippen LogP contribution is -2.48. The second-order valence-corrected chi connectivity index (χ2v) is 6.14. The van der Waals surface area contributed by atoms with E-state index in [9.17, 15) is 4.79 Å². The number of rotatable bonds is 3. The van der Waals surface area contributed by atoms with Crippen molar-refractivity contribution in [1.82, 2.24) is 14.9 Å². The van der Waals surface area contributed by atoms with Gasteiger partial charge in [0.2, 0.25) is 5.91 Å². The number of hydrogen-bond acceptors (Lipinski definition) is 4. The van der Waals surface area contributed by atoms with Crippen molar-refractivity contribution in [1.29, 1.82) is 0 Å². The zero-order chi connectivity index (χ0) is 13.0. The van der Waals surface area contributed by atoms with Crippen LogP contribution < -0.4 is 0 Å². The van der Waals surface area contributed by atoms with Gasteiger partial charge < -0.3 is 4.90 Å². The van der Waals surface area contributed by atoms with Crippen molar-refractivity contribution in [2.24, 2.45) is 0 Å². The summed E-state index contributed by atoms with van der Waals surface area (Å²) in [6, 6.07) is 0.336. The van der Waals surface area contributed by atoms with Crippen molar-refractivity contribution >= 4 is 17.7 Å². The number of thioether (sulfide) groups is 1. The summed E-state index contributed by atoms with van der Waals surface area (Å²) in [6.45, 7) is 5.21. The second-order valence-electron chi connectivity index (χ2n) is 4.65. The third-order valence-electron chi connectivity index (χ3n) is 3.45. The molecule has 1 fully saturated rings. The molecule has 1 saturated heterocycles. The molecule has 4 nitrogen and oxygen atoms in total. The molecular formula is C13H19N3OS. The highest BCUT2D eigenvalue weighted by molar-refractivity contribution is 8.00. The summed E-state index contributed by atoms with van der Waals surface area (Å²) in [6.07, 6.45) is 6.34. The van der Waals surface area contributed by atoms with Gasteiger partial charge >= 0.3 is 0 Å². The first-order valence-electron chi connectivity index (χ1n) is 6.33. The van der Waals surface area contributed by atoms with Crippen molar-refractivity contribution in [2.75, 3.05) is 12.3 Å². The molecule has 0 aliphatic carbocycles. The van der Waals surface area contributed by atoms with E-state index in [1.165, 1.54) is 6.33 Å². The average molecular weight is 265 g/mol. The predicted molar refractivity (Wildman–Crippen MR) is 73.4 cm³/mol. The van der Waals surface area contributed by atoms with Gasteiger partial charge in [0, 0.05) is 42.4 Å². The van der Waals surface area contributed by atoms with E-state index < -0.39 is 0 Å². The molecule has 98 valence electrons. The minimum absolute atomic E-state index is 0.249. The van der Waals surface area contributed by atoms with E-state index in [-0.39, 0.29) is 5.91 Å². The molecule has 0 N–H and O–H groups in total. The van der Waals surface area contributed by atoms with E-state index in [2.05, 4.69) is 23.8 Å². The first-order chi connectivity index (χ1) is 8.68. The summed E-state index contributed by atoms with van der Waals surface area (Å²) in [4.78, 5) is 22.1. The summed E-state index contributed by atoms with van der Waals surface area (Å²) in [5, 5.41) is 0.530. The highest BCUT2D eigenvalue weighted by Crippen LogP contribution is 2.24. The lowest BCUT2D eigenvalue weighted by atomic mass is 10.1. The summed E-state index contributed by atoms with van der Waals surface area (Å²) in [7, 11) is 0. The van der Waals surface area contributed by atoms with Crippen molar-refractivity contribution in [3.63, 3.8) is 0 Å². The van der Waals surface area contributed by atoms with Crippen LogP contribution in [0.5, 0.6) is 0 Å². The van der Waals surface area contributed by atoms with E-state index in [4.69, 9.17) is 0 Å². The highest BCUT2D eigenvalue weighted by Gasteiger charge is 2.28. The zero-order valence-corrected chi connectivity index (χ0v) is 11.7. The Morgan fingerprint density at radius 1 is 1.44 bits per heavy atom. The number of amides is 1. The van der Waals surface area contributed by atoms with Crippen LogP contribution in [0.25, 0.3) is 0 Å². The molecule has 2 unspecified atom stereocenters. The Morgan fingerprint density at radius 3 is 2.89 bits per heavy atom. The fourth-order valence-electron chi connectivity index (χ4n) is 2.14. The van der Waals surface area contributed by atoms with Gasteiger partial charge in [-0.1, -0.05) is 6.92 Å². The summed E-state index contributed by atoms with van der Waals surface area (Å²) in [5.41, 5.74) is 1.03. The smallest absolute Gasteiger partial charge is 0.223 e. The van der Waals surface area contributed by atoms with Crippen LogP contribution in [0.4, 0.5) is 0 Å². The van der Waals surface area contributed by atoms with E-state index in [0.29, 0.717) is 17.7 Å². The van der Waals surface area contributed by atoms with Gasteiger partial charge in [-0.15, -0.1) is 0 Å². The zero-order valence-electron chi connectivity index (χ0n) is 10.9. The number of aromatic nitrogens is 2. The van der Waals surface area contributed by atoms with Gasteiger partial charge in [-0.3, -0.25) is 4.79 Å². The summed E-state index contributed by atoms with van der Waals surface area (Å²) < 4.78 is 0. The normalized spacial score (nSPS) is 24.0. The highest BCUT2D eigenvalue weighted by atomic mass is 32.2. The summed E-state index contributed by atoms with van der Waals surface area (Å²) >= 11 is 1.95. The van der Waals surface area contributed by atoms with Crippen molar-refractivity contribution in [3.05, 3.63) is 24.3 Å². The minimum atomic E-state index is 0.249. The summed E-state index contributed by atoms with van der Waals surface area (Å²) in [5.74, 6) is 1.30. The molecule has 1 amide bonds. The maximum Gasteiger partial charge on any atom is 0.223 e. The lowest BCUT2D eigenvalue weighted by molar-refractivity contribution is -0.133. The molecule has 0 spiro atoms.